The largest absolute Gasteiger partial charge is 0.549 e. The number of aliphatic carboxylic acids is 1. The minimum atomic E-state index is -1.20. The predicted octanol–water partition coefficient (Wildman–Crippen LogP) is 2.72. The summed E-state index contributed by atoms with van der Waals surface area (Å²) in [6.45, 7) is 1.48. The summed E-state index contributed by atoms with van der Waals surface area (Å²) < 4.78 is 0.409. The van der Waals surface area contributed by atoms with E-state index in [1.165, 1.54) is 13.0 Å². The van der Waals surface area contributed by atoms with Crippen LogP contribution in [0.2, 0.25) is 10.0 Å². The fraction of sp³-hybridized carbons (Fsp3) is 0.167. The van der Waals surface area contributed by atoms with Gasteiger partial charge in [-0.1, -0.05) is 46.3 Å². The van der Waals surface area contributed by atoms with Crippen LogP contribution in [-0.2, 0) is 4.79 Å². The number of urea groups is 1. The third-order valence-corrected chi connectivity index (χ3v) is 5.15. The van der Waals surface area contributed by atoms with Gasteiger partial charge in [-0.2, -0.15) is 0 Å². The van der Waals surface area contributed by atoms with Gasteiger partial charge in [0.25, 0.3) is 0 Å². The molecule has 2 N–H and O–H groups in total. The van der Waals surface area contributed by atoms with Crippen LogP contribution in [0.15, 0.2) is 22.5 Å². The average molecular weight is 392 g/mol. The summed E-state index contributed by atoms with van der Waals surface area (Å²) in [4.78, 5) is 22.5. The molecule has 2 amide bonds. The maximum absolute atomic E-state index is 11.8. The van der Waals surface area contributed by atoms with Crippen LogP contribution in [0.5, 0.6) is 0 Å². The summed E-state index contributed by atoms with van der Waals surface area (Å²) >= 11 is 13.7. The Morgan fingerprint density at radius 3 is 2.65 bits per heavy atom. The van der Waals surface area contributed by atoms with E-state index in [2.05, 4.69) is 20.8 Å². The molecule has 0 spiro atoms. The van der Waals surface area contributed by atoms with Crippen molar-refractivity contribution in [2.45, 2.75) is 16.5 Å². The zero-order chi connectivity index (χ0) is 17.0. The molecule has 2 rings (SSSR count). The first-order valence-electron chi connectivity index (χ1n) is 6.09. The van der Waals surface area contributed by atoms with Crippen molar-refractivity contribution in [1.82, 2.24) is 10.2 Å². The van der Waals surface area contributed by atoms with Gasteiger partial charge >= 0.3 is 6.03 Å². The number of nitrogens with one attached hydrogen (secondary N) is 2. The van der Waals surface area contributed by atoms with Crippen molar-refractivity contribution >= 4 is 69.1 Å². The Labute approximate surface area is 149 Å². The quantitative estimate of drug-likeness (QED) is 0.599. The highest BCUT2D eigenvalue weighted by molar-refractivity contribution is 8.02. The Hall–Kier alpha value is -1.55. The Balaban J connectivity index is 1.94. The van der Waals surface area contributed by atoms with Gasteiger partial charge in [-0.3, -0.25) is 5.32 Å². The number of anilines is 2. The minimum Gasteiger partial charge on any atom is -0.549 e. The van der Waals surface area contributed by atoms with Crippen LogP contribution in [0.1, 0.15) is 6.92 Å². The number of hydrogen-bond donors (Lipinski definition) is 2. The number of benzene rings is 1. The van der Waals surface area contributed by atoms with Crippen LogP contribution in [0.25, 0.3) is 0 Å². The number of carboxylic acids is 1. The number of halogens is 2. The van der Waals surface area contributed by atoms with E-state index >= 15 is 0 Å². The third kappa shape index (κ3) is 5.24. The normalized spacial score (nSPS) is 11.8. The average Bonchev–Trinajstić information content (AvgIpc) is 2.89. The van der Waals surface area contributed by atoms with E-state index in [1.54, 1.807) is 12.1 Å². The van der Waals surface area contributed by atoms with E-state index < -0.39 is 17.3 Å². The van der Waals surface area contributed by atoms with Gasteiger partial charge in [0.05, 0.1) is 16.0 Å². The molecule has 0 aliphatic heterocycles. The molecule has 1 aromatic carbocycles. The smallest absolute Gasteiger partial charge is 0.325 e. The molecule has 1 heterocycles. The van der Waals surface area contributed by atoms with Crippen molar-refractivity contribution in [3.63, 3.8) is 0 Å². The number of aromatic nitrogens is 2. The first-order valence-corrected chi connectivity index (χ1v) is 8.54. The lowest BCUT2D eigenvalue weighted by atomic mass is 10.3. The van der Waals surface area contributed by atoms with Crippen molar-refractivity contribution in [3.05, 3.63) is 28.2 Å². The Bertz CT molecular complexity index is 741. The molecule has 2 aromatic rings. The molecule has 23 heavy (non-hydrogen) atoms. The molecule has 0 saturated carbocycles. The first-order chi connectivity index (χ1) is 10.8. The first kappa shape index (κ1) is 17.8. The second kappa shape index (κ2) is 7.82. The number of carboxylic acid groups (broad SMARTS) is 1. The molecular formula is C12H9Cl2N4O3S2-. The van der Waals surface area contributed by atoms with Gasteiger partial charge in [0.2, 0.25) is 5.13 Å². The maximum Gasteiger partial charge on any atom is 0.325 e. The van der Waals surface area contributed by atoms with Crippen molar-refractivity contribution in [2.75, 3.05) is 10.6 Å². The molecule has 0 fully saturated rings. The summed E-state index contributed by atoms with van der Waals surface area (Å²) in [5.41, 5.74) is 0.460. The van der Waals surface area contributed by atoms with Gasteiger partial charge in [0.15, 0.2) is 4.34 Å². The molecule has 1 atom stereocenters. The number of rotatable bonds is 5. The maximum atomic E-state index is 11.8. The highest BCUT2D eigenvalue weighted by atomic mass is 35.5. The second-order valence-electron chi connectivity index (χ2n) is 4.16. The Morgan fingerprint density at radius 2 is 2.00 bits per heavy atom. The van der Waals surface area contributed by atoms with Crippen molar-refractivity contribution in [1.29, 1.82) is 0 Å². The highest BCUT2D eigenvalue weighted by Gasteiger charge is 2.12. The molecule has 0 radical (unpaired) electrons. The van der Waals surface area contributed by atoms with Crippen LogP contribution in [0.4, 0.5) is 15.6 Å². The van der Waals surface area contributed by atoms with E-state index in [4.69, 9.17) is 23.2 Å². The lowest BCUT2D eigenvalue weighted by Gasteiger charge is -2.08. The van der Waals surface area contributed by atoms with Gasteiger partial charge in [0.1, 0.15) is 0 Å². The van der Waals surface area contributed by atoms with E-state index in [0.29, 0.717) is 20.1 Å². The van der Waals surface area contributed by atoms with E-state index in [0.717, 1.165) is 23.1 Å². The molecule has 1 aromatic heterocycles. The highest BCUT2D eigenvalue weighted by Crippen LogP contribution is 2.29. The molecule has 0 bridgehead atoms. The number of nitrogens with zero attached hydrogens (tertiary/aromatic N) is 2. The zero-order valence-corrected chi connectivity index (χ0v) is 14.6. The lowest BCUT2D eigenvalue weighted by molar-refractivity contribution is -0.304. The van der Waals surface area contributed by atoms with E-state index in [9.17, 15) is 14.7 Å². The summed E-state index contributed by atoms with van der Waals surface area (Å²) in [7, 11) is 0. The number of thioether (sulfide) groups is 1. The monoisotopic (exact) mass is 391 g/mol. The lowest BCUT2D eigenvalue weighted by Crippen LogP contribution is -2.31. The SMILES string of the molecule is C[C@H](Sc1nnc(NC(=O)Nc2ccc(Cl)c(Cl)c2)s1)C(=O)[O-]. The topological polar surface area (TPSA) is 107 Å². The number of carbonyl (C=O) groups excluding carboxylic acids is 2. The van der Waals surface area contributed by atoms with Gasteiger partial charge in [-0.05, 0) is 25.1 Å². The van der Waals surface area contributed by atoms with Crippen molar-refractivity contribution < 1.29 is 14.7 Å². The Kier molecular flexibility index (Phi) is 6.05. The fourth-order valence-corrected chi connectivity index (χ4v) is 3.46. The van der Waals surface area contributed by atoms with Crippen LogP contribution in [-0.4, -0.2) is 27.4 Å². The van der Waals surface area contributed by atoms with Crippen LogP contribution >= 0.6 is 46.3 Å². The molecule has 11 heteroatoms. The molecule has 122 valence electrons. The van der Waals surface area contributed by atoms with Gasteiger partial charge in [-0.25, -0.2) is 4.79 Å². The molecule has 0 saturated heterocycles. The molecule has 7 nitrogen and oxygen atoms in total. The van der Waals surface area contributed by atoms with Gasteiger partial charge in [-0.15, -0.1) is 10.2 Å². The molecule has 0 unspecified atom stereocenters. The third-order valence-electron chi connectivity index (χ3n) is 2.41. The molecule has 0 aliphatic rings. The fourth-order valence-electron chi connectivity index (χ4n) is 1.34. The van der Waals surface area contributed by atoms with Crippen molar-refractivity contribution in [2.24, 2.45) is 0 Å². The van der Waals surface area contributed by atoms with Crippen LogP contribution in [0.3, 0.4) is 0 Å². The minimum absolute atomic E-state index is 0.232. The Morgan fingerprint density at radius 1 is 1.26 bits per heavy atom. The number of amides is 2. The van der Waals surface area contributed by atoms with Crippen LogP contribution < -0.4 is 15.7 Å². The summed E-state index contributed by atoms with van der Waals surface area (Å²) in [6.07, 6.45) is 0. The number of carbonyl (C=O) groups is 2. The molecular weight excluding hydrogens is 383 g/mol. The molecule has 0 aliphatic carbocycles. The summed E-state index contributed by atoms with van der Waals surface area (Å²) in [5, 5.41) is 23.4. The number of hydrogen-bond acceptors (Lipinski definition) is 7. The standard InChI is InChI=1S/C12H10Cl2N4O3S2/c1-5(9(19)20)22-12-18-17-11(23-12)16-10(21)15-6-2-3-7(13)8(14)4-6/h2-5H,1H3,(H,19,20)(H2,15,16,17,21)/p-1/t5-/m0/s1. The predicted molar refractivity (Wildman–Crippen MR) is 89.3 cm³/mol. The van der Waals surface area contributed by atoms with E-state index in [1.807, 2.05) is 0 Å². The summed E-state index contributed by atoms with van der Waals surface area (Å²) in [5.74, 6) is -1.20. The van der Waals surface area contributed by atoms with Gasteiger partial charge in [0, 0.05) is 10.9 Å². The summed E-state index contributed by atoms with van der Waals surface area (Å²) in [6, 6.07) is 4.12. The zero-order valence-electron chi connectivity index (χ0n) is 11.5. The second-order valence-corrected chi connectivity index (χ2v) is 7.54. The van der Waals surface area contributed by atoms with Gasteiger partial charge < -0.3 is 15.2 Å². The van der Waals surface area contributed by atoms with Crippen LogP contribution in [0, 0.1) is 0 Å². The van der Waals surface area contributed by atoms with Crippen molar-refractivity contribution in [3.8, 4) is 0 Å². The van der Waals surface area contributed by atoms with E-state index in [-0.39, 0.29) is 5.13 Å².